The summed E-state index contributed by atoms with van der Waals surface area (Å²) >= 11 is 0. The Balaban J connectivity index is 2.40. The maximum absolute atomic E-state index is 11.3. The zero-order chi connectivity index (χ0) is 12.2. The van der Waals surface area contributed by atoms with E-state index >= 15 is 0 Å². The van der Waals surface area contributed by atoms with Gasteiger partial charge in [0.15, 0.2) is 0 Å². The molecule has 0 aliphatic heterocycles. The molecule has 0 fully saturated rings. The number of hydrogen-bond donors (Lipinski definition) is 2. The van der Waals surface area contributed by atoms with Crippen molar-refractivity contribution in [3.8, 4) is 0 Å². The molecule has 5 heteroatoms. The smallest absolute Gasteiger partial charge is 0.407 e. The summed E-state index contributed by atoms with van der Waals surface area (Å²) in [6.07, 6.45) is 1.14. The van der Waals surface area contributed by atoms with Gasteiger partial charge >= 0.3 is 6.09 Å². The highest BCUT2D eigenvalue weighted by molar-refractivity contribution is 5.68. The van der Waals surface area contributed by atoms with Crippen molar-refractivity contribution < 1.29 is 9.53 Å². The van der Waals surface area contributed by atoms with Gasteiger partial charge in [-0.1, -0.05) is 6.07 Å². The first-order valence-electron chi connectivity index (χ1n) is 5.02. The van der Waals surface area contributed by atoms with Crippen LogP contribution in [0.4, 0.5) is 10.6 Å². The molecule has 1 amide bonds. The van der Waals surface area contributed by atoms with E-state index in [1.807, 2.05) is 20.8 Å². The number of carbonyl (C=O) groups excluding carboxylic acids is 1. The largest absolute Gasteiger partial charge is 0.445 e. The Bertz CT molecular complexity index is 354. The number of nitrogens with two attached hydrogens (primary N) is 1. The van der Waals surface area contributed by atoms with Crippen molar-refractivity contribution in [3.63, 3.8) is 0 Å². The Hall–Kier alpha value is -1.78. The van der Waals surface area contributed by atoms with Gasteiger partial charge in [-0.15, -0.1) is 0 Å². The van der Waals surface area contributed by atoms with Crippen LogP contribution < -0.4 is 11.1 Å². The first kappa shape index (κ1) is 12.3. The molecule has 0 aliphatic rings. The van der Waals surface area contributed by atoms with Gasteiger partial charge in [-0.3, -0.25) is 0 Å². The zero-order valence-electron chi connectivity index (χ0n) is 9.78. The second-order valence-electron chi connectivity index (χ2n) is 4.54. The molecule has 5 nitrogen and oxygen atoms in total. The lowest BCUT2D eigenvalue weighted by Crippen LogP contribution is -2.40. The Labute approximate surface area is 95.0 Å². The van der Waals surface area contributed by atoms with Gasteiger partial charge in [0.2, 0.25) is 0 Å². The summed E-state index contributed by atoms with van der Waals surface area (Å²) in [6.45, 7) is 5.85. The van der Waals surface area contributed by atoms with Gasteiger partial charge in [-0.2, -0.15) is 0 Å². The number of nitrogens with one attached hydrogen (secondary N) is 1. The van der Waals surface area contributed by atoms with Gasteiger partial charge in [0.1, 0.15) is 12.4 Å². The SMILES string of the molecule is CC(C)(C)NC(=O)OCc1ccc(N)nc1. The summed E-state index contributed by atoms with van der Waals surface area (Å²) in [6, 6.07) is 3.44. The van der Waals surface area contributed by atoms with Gasteiger partial charge in [0, 0.05) is 17.3 Å². The number of ether oxygens (including phenoxy) is 1. The number of alkyl carbamates (subject to hydrolysis) is 1. The average Bonchev–Trinajstić information content (AvgIpc) is 2.14. The van der Waals surface area contributed by atoms with E-state index in [4.69, 9.17) is 10.5 Å². The summed E-state index contributed by atoms with van der Waals surface area (Å²) < 4.78 is 5.01. The fourth-order valence-corrected chi connectivity index (χ4v) is 1.01. The second-order valence-corrected chi connectivity index (χ2v) is 4.54. The van der Waals surface area contributed by atoms with E-state index in [9.17, 15) is 4.79 Å². The minimum Gasteiger partial charge on any atom is -0.445 e. The van der Waals surface area contributed by atoms with E-state index in [-0.39, 0.29) is 12.1 Å². The lowest BCUT2D eigenvalue weighted by atomic mass is 10.1. The molecule has 1 rings (SSSR count). The van der Waals surface area contributed by atoms with Gasteiger partial charge in [-0.05, 0) is 26.8 Å². The minimum absolute atomic E-state index is 0.190. The average molecular weight is 223 g/mol. The molecule has 0 aromatic carbocycles. The number of aromatic nitrogens is 1. The highest BCUT2D eigenvalue weighted by Gasteiger charge is 2.14. The van der Waals surface area contributed by atoms with Crippen LogP contribution in [0, 0.1) is 0 Å². The Morgan fingerprint density at radius 2 is 2.19 bits per heavy atom. The third-order valence-electron chi connectivity index (χ3n) is 1.69. The summed E-state index contributed by atoms with van der Waals surface area (Å²) in [5.74, 6) is 0.447. The van der Waals surface area contributed by atoms with Crippen LogP contribution >= 0.6 is 0 Å². The first-order valence-corrected chi connectivity index (χ1v) is 5.02. The number of nitrogen functional groups attached to an aromatic ring is 1. The molecule has 88 valence electrons. The quantitative estimate of drug-likeness (QED) is 0.799. The molecular weight excluding hydrogens is 206 g/mol. The number of anilines is 1. The van der Waals surface area contributed by atoms with Gasteiger partial charge in [0.25, 0.3) is 0 Å². The molecule has 0 atom stereocenters. The molecule has 1 aromatic rings. The van der Waals surface area contributed by atoms with E-state index in [2.05, 4.69) is 10.3 Å². The summed E-state index contributed by atoms with van der Waals surface area (Å²) in [5.41, 5.74) is 5.94. The highest BCUT2D eigenvalue weighted by Crippen LogP contribution is 2.04. The number of rotatable bonds is 2. The van der Waals surface area contributed by atoms with Gasteiger partial charge < -0.3 is 15.8 Å². The van der Waals surface area contributed by atoms with Crippen molar-refractivity contribution >= 4 is 11.9 Å². The van der Waals surface area contributed by atoms with E-state index in [1.165, 1.54) is 0 Å². The highest BCUT2D eigenvalue weighted by atomic mass is 16.5. The van der Waals surface area contributed by atoms with Crippen molar-refractivity contribution in [1.29, 1.82) is 0 Å². The Kier molecular flexibility index (Phi) is 3.71. The van der Waals surface area contributed by atoms with Gasteiger partial charge in [-0.25, -0.2) is 9.78 Å². The monoisotopic (exact) mass is 223 g/mol. The van der Waals surface area contributed by atoms with Crippen LogP contribution in [-0.2, 0) is 11.3 Å². The summed E-state index contributed by atoms with van der Waals surface area (Å²) in [5, 5.41) is 2.69. The Morgan fingerprint density at radius 1 is 1.50 bits per heavy atom. The van der Waals surface area contributed by atoms with Crippen LogP contribution in [0.5, 0.6) is 0 Å². The number of carbonyl (C=O) groups is 1. The third kappa shape index (κ3) is 4.63. The van der Waals surface area contributed by atoms with E-state index < -0.39 is 6.09 Å². The number of pyridine rings is 1. The fraction of sp³-hybridized carbons (Fsp3) is 0.455. The van der Waals surface area contributed by atoms with Crippen LogP contribution in [0.1, 0.15) is 26.3 Å². The molecule has 0 unspecified atom stereocenters. The molecule has 1 aromatic heterocycles. The molecule has 0 bridgehead atoms. The van der Waals surface area contributed by atoms with Crippen molar-refractivity contribution in [3.05, 3.63) is 23.9 Å². The summed E-state index contributed by atoms with van der Waals surface area (Å²) in [7, 11) is 0. The second kappa shape index (κ2) is 4.83. The normalized spacial score (nSPS) is 10.9. The molecule has 0 spiro atoms. The molecule has 0 saturated carbocycles. The molecule has 3 N–H and O–H groups in total. The summed E-state index contributed by atoms with van der Waals surface area (Å²) in [4.78, 5) is 15.2. The first-order chi connectivity index (χ1) is 7.37. The minimum atomic E-state index is -0.440. The lowest BCUT2D eigenvalue weighted by Gasteiger charge is -2.19. The Morgan fingerprint density at radius 3 is 2.69 bits per heavy atom. The van der Waals surface area contributed by atoms with Gasteiger partial charge in [0.05, 0.1) is 0 Å². The number of nitrogens with zero attached hydrogens (tertiary/aromatic N) is 1. The van der Waals surface area contributed by atoms with Crippen molar-refractivity contribution in [2.75, 3.05) is 5.73 Å². The maximum atomic E-state index is 11.3. The van der Waals surface area contributed by atoms with E-state index in [0.717, 1.165) is 5.56 Å². The van der Waals surface area contributed by atoms with Crippen molar-refractivity contribution in [1.82, 2.24) is 10.3 Å². The standard InChI is InChI=1S/C11H17N3O2/c1-11(2,3)14-10(15)16-7-8-4-5-9(12)13-6-8/h4-6H,7H2,1-3H3,(H2,12,13)(H,14,15). The predicted molar refractivity (Wildman–Crippen MR) is 61.7 cm³/mol. The molecular formula is C11H17N3O2. The van der Waals surface area contributed by atoms with E-state index in [0.29, 0.717) is 5.82 Å². The lowest BCUT2D eigenvalue weighted by molar-refractivity contribution is 0.131. The molecule has 16 heavy (non-hydrogen) atoms. The number of amides is 1. The zero-order valence-corrected chi connectivity index (χ0v) is 9.78. The van der Waals surface area contributed by atoms with E-state index in [1.54, 1.807) is 18.3 Å². The molecule has 0 radical (unpaired) electrons. The van der Waals surface area contributed by atoms with Crippen molar-refractivity contribution in [2.24, 2.45) is 0 Å². The van der Waals surface area contributed by atoms with Crippen LogP contribution in [0.3, 0.4) is 0 Å². The topological polar surface area (TPSA) is 77.2 Å². The predicted octanol–water partition coefficient (Wildman–Crippen LogP) is 1.69. The number of hydrogen-bond acceptors (Lipinski definition) is 4. The third-order valence-corrected chi connectivity index (χ3v) is 1.69. The van der Waals surface area contributed by atoms with Crippen LogP contribution in [0.15, 0.2) is 18.3 Å². The maximum Gasteiger partial charge on any atom is 0.407 e. The molecule has 0 saturated heterocycles. The van der Waals surface area contributed by atoms with Crippen LogP contribution in [0.2, 0.25) is 0 Å². The van der Waals surface area contributed by atoms with Crippen LogP contribution in [-0.4, -0.2) is 16.6 Å². The molecule has 1 heterocycles. The van der Waals surface area contributed by atoms with Crippen LogP contribution in [0.25, 0.3) is 0 Å². The van der Waals surface area contributed by atoms with Crippen molar-refractivity contribution in [2.45, 2.75) is 32.9 Å². The molecule has 0 aliphatic carbocycles. The fourth-order valence-electron chi connectivity index (χ4n) is 1.01.